The number of hydrogen-bond donors (Lipinski definition) is 3. The fraction of sp³-hybridized carbons (Fsp3) is 0.385. The van der Waals surface area contributed by atoms with Crippen molar-refractivity contribution in [2.24, 2.45) is 5.92 Å². The summed E-state index contributed by atoms with van der Waals surface area (Å²) in [4.78, 5) is 22.3. The fourth-order valence-electron chi connectivity index (χ4n) is 1.93. The number of carboxylic acids is 1. The molecule has 0 atom stereocenters. The van der Waals surface area contributed by atoms with Gasteiger partial charge in [-0.15, -0.1) is 0 Å². The lowest BCUT2D eigenvalue weighted by Gasteiger charge is -2.24. The molecule has 5 heteroatoms. The van der Waals surface area contributed by atoms with E-state index in [1.54, 1.807) is 0 Å². The highest BCUT2D eigenvalue weighted by atomic mass is 16.4. The predicted molar refractivity (Wildman–Crippen MR) is 65.7 cm³/mol. The number of carboxylic acid groups (broad SMARTS) is 1. The van der Waals surface area contributed by atoms with Crippen molar-refractivity contribution in [2.45, 2.75) is 25.7 Å². The summed E-state index contributed by atoms with van der Waals surface area (Å²) in [6, 6.07) is 3.87. The van der Waals surface area contributed by atoms with Gasteiger partial charge < -0.3 is 15.5 Å². The molecule has 18 heavy (non-hydrogen) atoms. The molecule has 96 valence electrons. The Morgan fingerprint density at radius 3 is 2.56 bits per heavy atom. The molecule has 0 spiro atoms. The third-order valence-corrected chi connectivity index (χ3v) is 3.22. The van der Waals surface area contributed by atoms with Gasteiger partial charge >= 0.3 is 5.97 Å². The van der Waals surface area contributed by atoms with Crippen molar-refractivity contribution >= 4 is 17.6 Å². The lowest BCUT2D eigenvalue weighted by atomic mass is 9.83. The van der Waals surface area contributed by atoms with Crippen molar-refractivity contribution in [1.29, 1.82) is 0 Å². The van der Waals surface area contributed by atoms with E-state index in [1.165, 1.54) is 18.6 Å². The highest BCUT2D eigenvalue weighted by molar-refractivity contribution is 5.94. The lowest BCUT2D eigenvalue weighted by molar-refractivity contribution is -0.117. The van der Waals surface area contributed by atoms with Crippen molar-refractivity contribution in [3.8, 4) is 5.75 Å². The first-order valence-corrected chi connectivity index (χ1v) is 5.92. The summed E-state index contributed by atoms with van der Waals surface area (Å²) in [5, 5.41) is 21.0. The molecule has 1 amide bonds. The van der Waals surface area contributed by atoms with Gasteiger partial charge in [0.25, 0.3) is 0 Å². The first-order valence-electron chi connectivity index (χ1n) is 5.92. The molecule has 0 saturated heterocycles. The van der Waals surface area contributed by atoms with Gasteiger partial charge in [0.15, 0.2) is 0 Å². The van der Waals surface area contributed by atoms with Gasteiger partial charge in [-0.05, 0) is 37.0 Å². The van der Waals surface area contributed by atoms with Crippen LogP contribution >= 0.6 is 0 Å². The molecule has 1 aliphatic carbocycles. The van der Waals surface area contributed by atoms with Crippen molar-refractivity contribution in [3.05, 3.63) is 23.8 Å². The molecule has 1 fully saturated rings. The third-order valence-electron chi connectivity index (χ3n) is 3.22. The summed E-state index contributed by atoms with van der Waals surface area (Å²) in [7, 11) is 0. The zero-order valence-electron chi connectivity index (χ0n) is 9.85. The molecule has 0 aromatic heterocycles. The normalized spacial score (nSPS) is 14.9. The molecular formula is C13H15NO4. The van der Waals surface area contributed by atoms with Crippen LogP contribution in [0.25, 0.3) is 0 Å². The molecule has 0 radical (unpaired) electrons. The van der Waals surface area contributed by atoms with E-state index >= 15 is 0 Å². The Balaban J connectivity index is 2.00. The number of aromatic hydroxyl groups is 1. The van der Waals surface area contributed by atoms with Crippen LogP contribution in [0.15, 0.2) is 18.2 Å². The second kappa shape index (κ2) is 5.08. The zero-order chi connectivity index (χ0) is 13.1. The number of phenolic OH excluding ortho intramolecular Hbond substituents is 1. The Morgan fingerprint density at radius 2 is 2.06 bits per heavy atom. The van der Waals surface area contributed by atoms with Crippen LogP contribution in [-0.4, -0.2) is 22.1 Å². The first kappa shape index (κ1) is 12.4. The van der Waals surface area contributed by atoms with E-state index in [1.807, 2.05) is 0 Å². The highest BCUT2D eigenvalue weighted by Crippen LogP contribution is 2.30. The zero-order valence-corrected chi connectivity index (χ0v) is 9.85. The molecule has 3 N–H and O–H groups in total. The maximum Gasteiger partial charge on any atom is 0.335 e. The molecule has 0 bridgehead atoms. The van der Waals surface area contributed by atoms with Crippen LogP contribution < -0.4 is 5.32 Å². The smallest absolute Gasteiger partial charge is 0.335 e. The monoisotopic (exact) mass is 249 g/mol. The molecule has 1 saturated carbocycles. The van der Waals surface area contributed by atoms with E-state index in [-0.39, 0.29) is 22.9 Å². The van der Waals surface area contributed by atoms with Crippen LogP contribution in [-0.2, 0) is 4.79 Å². The van der Waals surface area contributed by atoms with E-state index in [2.05, 4.69) is 5.32 Å². The largest absolute Gasteiger partial charge is 0.506 e. The molecule has 1 aromatic carbocycles. The van der Waals surface area contributed by atoms with E-state index in [0.717, 1.165) is 18.9 Å². The minimum absolute atomic E-state index is 0.00973. The standard InChI is InChI=1S/C13H15NO4/c15-11-7-9(13(17)18)4-5-10(11)14-12(16)6-8-2-1-3-8/h4-5,7-8,15H,1-3,6H2,(H,14,16)(H,17,18). The van der Waals surface area contributed by atoms with Gasteiger partial charge in [-0.1, -0.05) is 6.42 Å². The summed E-state index contributed by atoms with van der Waals surface area (Å²) in [6.45, 7) is 0. The van der Waals surface area contributed by atoms with E-state index in [9.17, 15) is 14.7 Å². The summed E-state index contributed by atoms with van der Waals surface area (Å²) in [6.07, 6.45) is 3.80. The molecule has 0 aliphatic heterocycles. The van der Waals surface area contributed by atoms with Gasteiger partial charge in [0.2, 0.25) is 5.91 Å². The number of hydrogen-bond acceptors (Lipinski definition) is 3. The minimum atomic E-state index is -1.11. The van der Waals surface area contributed by atoms with E-state index in [4.69, 9.17) is 5.11 Å². The number of carbonyl (C=O) groups is 2. The molecule has 1 aromatic rings. The van der Waals surface area contributed by atoms with Gasteiger partial charge in [0.05, 0.1) is 11.3 Å². The van der Waals surface area contributed by atoms with Crippen LogP contribution in [0.5, 0.6) is 5.75 Å². The summed E-state index contributed by atoms with van der Waals surface area (Å²) in [5.74, 6) is -1.03. The topological polar surface area (TPSA) is 86.6 Å². The predicted octanol–water partition coefficient (Wildman–Crippen LogP) is 2.22. The second-order valence-electron chi connectivity index (χ2n) is 4.59. The number of phenols is 1. The van der Waals surface area contributed by atoms with Gasteiger partial charge in [-0.2, -0.15) is 0 Å². The molecular weight excluding hydrogens is 234 g/mol. The Labute approximate surface area is 104 Å². The lowest BCUT2D eigenvalue weighted by Crippen LogP contribution is -2.20. The highest BCUT2D eigenvalue weighted by Gasteiger charge is 2.21. The van der Waals surface area contributed by atoms with Gasteiger partial charge in [-0.3, -0.25) is 4.79 Å². The number of anilines is 1. The minimum Gasteiger partial charge on any atom is -0.506 e. The first-order chi connectivity index (χ1) is 8.56. The molecule has 0 heterocycles. The quantitative estimate of drug-likeness (QED) is 0.714. The molecule has 5 nitrogen and oxygen atoms in total. The maximum atomic E-state index is 11.6. The SMILES string of the molecule is O=C(CC1CCC1)Nc1ccc(C(=O)O)cc1O. The Bertz CT molecular complexity index is 480. The van der Waals surface area contributed by atoms with Crippen LogP contribution in [0.3, 0.4) is 0 Å². The number of rotatable bonds is 4. The van der Waals surface area contributed by atoms with Crippen LogP contribution in [0.2, 0.25) is 0 Å². The van der Waals surface area contributed by atoms with Crippen LogP contribution in [0.1, 0.15) is 36.0 Å². The van der Waals surface area contributed by atoms with Gasteiger partial charge in [0, 0.05) is 6.42 Å². The number of aromatic carboxylic acids is 1. The Hall–Kier alpha value is -2.04. The number of benzene rings is 1. The summed E-state index contributed by atoms with van der Waals surface area (Å²) < 4.78 is 0. The second-order valence-corrected chi connectivity index (χ2v) is 4.59. The van der Waals surface area contributed by atoms with Gasteiger partial charge in [-0.25, -0.2) is 4.79 Å². The van der Waals surface area contributed by atoms with Gasteiger partial charge in [0.1, 0.15) is 5.75 Å². The average Bonchev–Trinajstić information content (AvgIpc) is 2.26. The molecule has 1 aliphatic rings. The summed E-state index contributed by atoms with van der Waals surface area (Å²) in [5.41, 5.74) is 0.244. The van der Waals surface area contributed by atoms with E-state index < -0.39 is 5.97 Å². The van der Waals surface area contributed by atoms with Crippen molar-refractivity contribution in [1.82, 2.24) is 0 Å². The fourth-order valence-corrected chi connectivity index (χ4v) is 1.93. The molecule has 2 rings (SSSR count). The van der Waals surface area contributed by atoms with Crippen molar-refractivity contribution in [3.63, 3.8) is 0 Å². The van der Waals surface area contributed by atoms with Crippen molar-refractivity contribution < 1.29 is 19.8 Å². The maximum absolute atomic E-state index is 11.6. The van der Waals surface area contributed by atoms with Crippen molar-refractivity contribution in [2.75, 3.05) is 5.32 Å². The Kier molecular flexibility index (Phi) is 3.50. The Morgan fingerprint density at radius 1 is 1.33 bits per heavy atom. The van der Waals surface area contributed by atoms with Crippen LogP contribution in [0.4, 0.5) is 5.69 Å². The van der Waals surface area contributed by atoms with Crippen LogP contribution in [0, 0.1) is 5.92 Å². The third kappa shape index (κ3) is 2.80. The summed E-state index contributed by atoms with van der Waals surface area (Å²) >= 11 is 0. The van der Waals surface area contributed by atoms with E-state index in [0.29, 0.717) is 12.3 Å². The number of nitrogens with one attached hydrogen (secondary N) is 1. The number of amides is 1. The average molecular weight is 249 g/mol. The molecule has 0 unspecified atom stereocenters. The number of carbonyl (C=O) groups excluding carboxylic acids is 1.